The summed E-state index contributed by atoms with van der Waals surface area (Å²) in [6.07, 6.45) is 3.59. The lowest BCUT2D eigenvalue weighted by Crippen LogP contribution is -2.26. The Morgan fingerprint density at radius 2 is 2.33 bits per heavy atom. The third kappa shape index (κ3) is 3.79. The zero-order chi connectivity index (χ0) is 15.2. The third-order valence-electron chi connectivity index (χ3n) is 3.41. The van der Waals surface area contributed by atoms with Gasteiger partial charge in [-0.1, -0.05) is 0 Å². The van der Waals surface area contributed by atoms with Crippen LogP contribution in [0.15, 0.2) is 0 Å². The van der Waals surface area contributed by atoms with Gasteiger partial charge in [0.05, 0.1) is 13.2 Å². The Hall–Kier alpha value is -1.47. The van der Waals surface area contributed by atoms with E-state index in [2.05, 4.69) is 10.6 Å². The molecule has 1 aromatic heterocycles. The number of hydrogen-bond donors (Lipinski definition) is 3. The van der Waals surface area contributed by atoms with Crippen molar-refractivity contribution in [3.63, 3.8) is 0 Å². The number of anilines is 2. The summed E-state index contributed by atoms with van der Waals surface area (Å²) in [5, 5.41) is 6.84. The molecule has 1 unspecified atom stereocenters. The highest BCUT2D eigenvalue weighted by Gasteiger charge is 2.22. The molecule has 0 radical (unpaired) electrons. The smallest absolute Gasteiger partial charge is 0.263 e. The molecule has 6 nitrogen and oxygen atoms in total. The van der Waals surface area contributed by atoms with Crippen LogP contribution in [0.3, 0.4) is 0 Å². The number of carbonyl (C=O) groups excluding carboxylic acids is 1. The minimum atomic E-state index is -0.166. The summed E-state index contributed by atoms with van der Waals surface area (Å²) in [7, 11) is 1.56. The molecule has 0 bridgehead atoms. The van der Waals surface area contributed by atoms with Gasteiger partial charge in [0.25, 0.3) is 5.91 Å². The maximum atomic E-state index is 12.0. The van der Waals surface area contributed by atoms with Crippen LogP contribution in [0.1, 0.15) is 35.9 Å². The Kier molecular flexibility index (Phi) is 5.69. The summed E-state index contributed by atoms with van der Waals surface area (Å²) >= 11 is 1.32. The van der Waals surface area contributed by atoms with Gasteiger partial charge in [0, 0.05) is 19.7 Å². The molecule has 1 aliphatic heterocycles. The monoisotopic (exact) mass is 313 g/mol. The van der Waals surface area contributed by atoms with E-state index in [1.807, 2.05) is 6.92 Å². The zero-order valence-corrected chi connectivity index (χ0v) is 13.3. The van der Waals surface area contributed by atoms with Gasteiger partial charge < -0.3 is 25.8 Å². The largest absolute Gasteiger partial charge is 0.492 e. The van der Waals surface area contributed by atoms with Crippen molar-refractivity contribution in [3.8, 4) is 5.75 Å². The van der Waals surface area contributed by atoms with Gasteiger partial charge in [-0.15, -0.1) is 11.3 Å². The number of methoxy groups -OCH3 is 1. The van der Waals surface area contributed by atoms with Crippen molar-refractivity contribution >= 4 is 27.9 Å². The van der Waals surface area contributed by atoms with Gasteiger partial charge in [-0.25, -0.2) is 0 Å². The van der Waals surface area contributed by atoms with E-state index in [4.69, 9.17) is 15.2 Å². The van der Waals surface area contributed by atoms with Crippen LogP contribution in [-0.4, -0.2) is 38.8 Å². The summed E-state index contributed by atoms with van der Waals surface area (Å²) in [6, 6.07) is 0. The molecule has 1 aliphatic rings. The van der Waals surface area contributed by atoms with Gasteiger partial charge >= 0.3 is 0 Å². The Bertz CT molecular complexity index is 484. The first kappa shape index (κ1) is 15.9. The first-order valence-corrected chi connectivity index (χ1v) is 8.09. The van der Waals surface area contributed by atoms with E-state index in [-0.39, 0.29) is 12.0 Å². The van der Waals surface area contributed by atoms with Crippen molar-refractivity contribution in [2.75, 3.05) is 37.9 Å². The lowest BCUT2D eigenvalue weighted by Gasteiger charge is -2.23. The van der Waals surface area contributed by atoms with Crippen molar-refractivity contribution in [1.29, 1.82) is 0 Å². The van der Waals surface area contributed by atoms with Crippen molar-refractivity contribution in [2.45, 2.75) is 32.3 Å². The van der Waals surface area contributed by atoms with E-state index in [0.29, 0.717) is 29.4 Å². The lowest BCUT2D eigenvalue weighted by molar-refractivity contribution is 0.0248. The predicted octanol–water partition coefficient (Wildman–Crippen LogP) is 2.07. The fourth-order valence-electron chi connectivity index (χ4n) is 2.33. The molecule has 4 N–H and O–H groups in total. The Labute approximate surface area is 129 Å². The number of ether oxygens (including phenoxy) is 2. The molecule has 0 spiro atoms. The number of rotatable bonds is 6. The van der Waals surface area contributed by atoms with Gasteiger partial charge in [0.1, 0.15) is 15.6 Å². The van der Waals surface area contributed by atoms with Crippen LogP contribution in [0.4, 0.5) is 10.7 Å². The maximum Gasteiger partial charge on any atom is 0.263 e. The number of nitrogen functional groups attached to an aromatic ring is 1. The number of thiophene rings is 1. The van der Waals surface area contributed by atoms with Gasteiger partial charge in [-0.05, 0) is 26.2 Å². The summed E-state index contributed by atoms with van der Waals surface area (Å²) in [5.74, 6) is 0.373. The van der Waals surface area contributed by atoms with Crippen LogP contribution in [0.2, 0.25) is 0 Å². The van der Waals surface area contributed by atoms with Crippen molar-refractivity contribution in [3.05, 3.63) is 4.88 Å². The second kappa shape index (κ2) is 7.51. The van der Waals surface area contributed by atoms with Crippen LogP contribution in [0.5, 0.6) is 5.75 Å². The molecule has 2 heterocycles. The number of nitrogens with two attached hydrogens (primary N) is 1. The second-order valence-corrected chi connectivity index (χ2v) is 5.96. The van der Waals surface area contributed by atoms with Crippen molar-refractivity contribution in [2.24, 2.45) is 0 Å². The van der Waals surface area contributed by atoms with E-state index >= 15 is 0 Å². The third-order valence-corrected chi connectivity index (χ3v) is 4.55. The molecule has 0 aliphatic carbocycles. The highest BCUT2D eigenvalue weighted by atomic mass is 32.1. The molecule has 2 rings (SSSR count). The molecule has 1 saturated heterocycles. The molecule has 1 aromatic rings. The molecule has 118 valence electrons. The molecular weight excluding hydrogens is 290 g/mol. The van der Waals surface area contributed by atoms with Gasteiger partial charge in [0.15, 0.2) is 5.75 Å². The molecule has 1 atom stereocenters. The fourth-order valence-corrected chi connectivity index (χ4v) is 3.35. The Balaban J connectivity index is 2.07. The second-order valence-electron chi connectivity index (χ2n) is 4.94. The average molecular weight is 313 g/mol. The highest BCUT2D eigenvalue weighted by molar-refractivity contribution is 7.19. The van der Waals surface area contributed by atoms with Gasteiger partial charge in [-0.2, -0.15) is 0 Å². The fraction of sp³-hybridized carbons (Fsp3) is 0.643. The molecule has 7 heteroatoms. The van der Waals surface area contributed by atoms with E-state index in [1.165, 1.54) is 17.8 Å². The van der Waals surface area contributed by atoms with Crippen LogP contribution in [-0.2, 0) is 4.74 Å². The molecule has 21 heavy (non-hydrogen) atoms. The Morgan fingerprint density at radius 1 is 1.52 bits per heavy atom. The summed E-state index contributed by atoms with van der Waals surface area (Å²) < 4.78 is 11.0. The number of amides is 1. The standard InChI is InChI=1S/C14H23N3O3S/c1-3-16-13(18)12-10(15)11(19-2)14(21-12)17-8-9-6-4-5-7-20-9/h9,17H,3-8,15H2,1-2H3,(H,16,18). The van der Waals surface area contributed by atoms with Crippen molar-refractivity contribution in [1.82, 2.24) is 5.32 Å². The highest BCUT2D eigenvalue weighted by Crippen LogP contribution is 2.42. The molecular formula is C14H23N3O3S. The summed E-state index contributed by atoms with van der Waals surface area (Å²) in [5.41, 5.74) is 6.40. The summed E-state index contributed by atoms with van der Waals surface area (Å²) in [4.78, 5) is 12.5. The van der Waals surface area contributed by atoms with Crippen LogP contribution in [0, 0.1) is 0 Å². The zero-order valence-electron chi connectivity index (χ0n) is 12.5. The molecule has 0 saturated carbocycles. The number of carbonyl (C=O) groups is 1. The Morgan fingerprint density at radius 3 is 2.95 bits per heavy atom. The summed E-state index contributed by atoms with van der Waals surface area (Å²) in [6.45, 7) is 3.96. The first-order valence-electron chi connectivity index (χ1n) is 7.27. The van der Waals surface area contributed by atoms with Gasteiger partial charge in [0.2, 0.25) is 0 Å². The normalized spacial score (nSPS) is 18.3. The lowest BCUT2D eigenvalue weighted by atomic mass is 10.1. The SMILES string of the molecule is CCNC(=O)c1sc(NCC2CCCCO2)c(OC)c1N. The minimum Gasteiger partial charge on any atom is -0.492 e. The van der Waals surface area contributed by atoms with Crippen LogP contribution < -0.4 is 21.1 Å². The van der Waals surface area contributed by atoms with E-state index in [9.17, 15) is 4.79 Å². The van der Waals surface area contributed by atoms with Crippen molar-refractivity contribution < 1.29 is 14.3 Å². The number of hydrogen-bond acceptors (Lipinski definition) is 6. The predicted molar refractivity (Wildman–Crippen MR) is 85.4 cm³/mol. The average Bonchev–Trinajstić information content (AvgIpc) is 2.82. The van der Waals surface area contributed by atoms with E-state index < -0.39 is 0 Å². The molecule has 1 amide bonds. The first-order chi connectivity index (χ1) is 10.2. The topological polar surface area (TPSA) is 85.6 Å². The maximum absolute atomic E-state index is 12.0. The minimum absolute atomic E-state index is 0.166. The quantitative estimate of drug-likeness (QED) is 0.748. The van der Waals surface area contributed by atoms with E-state index in [1.54, 1.807) is 7.11 Å². The van der Waals surface area contributed by atoms with Crippen LogP contribution in [0.25, 0.3) is 0 Å². The molecule has 0 aromatic carbocycles. The van der Waals surface area contributed by atoms with Crippen LogP contribution >= 0.6 is 11.3 Å². The molecule has 1 fully saturated rings. The van der Waals surface area contributed by atoms with E-state index in [0.717, 1.165) is 24.4 Å². The van der Waals surface area contributed by atoms with Gasteiger partial charge in [-0.3, -0.25) is 4.79 Å². The number of nitrogens with one attached hydrogen (secondary N) is 2.